The number of fused-ring (bicyclic) bond motifs is 2. The lowest BCUT2D eigenvalue weighted by molar-refractivity contribution is -0.165. The number of esters is 2. The van der Waals surface area contributed by atoms with Crippen LogP contribution in [0.3, 0.4) is 0 Å². The molecule has 0 aromatic heterocycles. The molecule has 3 heteroatoms. The second kappa shape index (κ2) is 7.15. The van der Waals surface area contributed by atoms with Gasteiger partial charge >= 0.3 is 11.9 Å². The maximum Gasteiger partial charge on any atom is 0.320 e. The van der Waals surface area contributed by atoms with Gasteiger partial charge in [0.25, 0.3) is 0 Å². The van der Waals surface area contributed by atoms with Gasteiger partial charge in [0.05, 0.1) is 11.8 Å². The first-order valence-electron chi connectivity index (χ1n) is 9.73. The SMILES string of the molecule is O=C(OC(=O)C1CCCC2CC=CC=C21)C1CCCC2CC=CC=C21. The second-order valence-electron chi connectivity index (χ2n) is 7.76. The zero-order chi connectivity index (χ0) is 17.2. The van der Waals surface area contributed by atoms with Crippen LogP contribution in [-0.2, 0) is 14.3 Å². The Morgan fingerprint density at radius 3 is 1.72 bits per heavy atom. The van der Waals surface area contributed by atoms with Crippen LogP contribution in [0.4, 0.5) is 0 Å². The van der Waals surface area contributed by atoms with E-state index in [1.165, 1.54) is 11.1 Å². The van der Waals surface area contributed by atoms with Gasteiger partial charge in [-0.2, -0.15) is 0 Å². The van der Waals surface area contributed by atoms with Gasteiger partial charge in [-0.1, -0.05) is 60.4 Å². The normalized spacial score (nSPS) is 33.6. The molecule has 0 radical (unpaired) electrons. The Balaban J connectivity index is 1.46. The number of hydrogen-bond donors (Lipinski definition) is 0. The topological polar surface area (TPSA) is 43.4 Å². The molecule has 25 heavy (non-hydrogen) atoms. The molecule has 0 aliphatic heterocycles. The second-order valence-corrected chi connectivity index (χ2v) is 7.76. The first-order chi connectivity index (χ1) is 12.2. The minimum Gasteiger partial charge on any atom is -0.392 e. The predicted octanol–water partition coefficient (Wildman–Crippen LogP) is 4.66. The van der Waals surface area contributed by atoms with E-state index < -0.39 is 0 Å². The van der Waals surface area contributed by atoms with E-state index in [1.807, 2.05) is 12.2 Å². The standard InChI is InChI=1S/C22H26O3/c23-21(19-13-5-9-15-7-1-3-11-17(15)19)25-22(24)20-14-6-10-16-8-2-4-12-18(16)20/h1-4,11-12,15-16,19-20H,5-10,13-14H2. The Morgan fingerprint density at radius 1 is 0.760 bits per heavy atom. The Morgan fingerprint density at radius 2 is 1.24 bits per heavy atom. The summed E-state index contributed by atoms with van der Waals surface area (Å²) in [6.45, 7) is 0. The number of allylic oxidation sites excluding steroid dienone is 6. The van der Waals surface area contributed by atoms with Crippen molar-refractivity contribution in [3.05, 3.63) is 47.6 Å². The molecule has 0 saturated heterocycles. The molecule has 0 heterocycles. The van der Waals surface area contributed by atoms with Crippen molar-refractivity contribution in [2.75, 3.05) is 0 Å². The van der Waals surface area contributed by atoms with Crippen LogP contribution in [0.1, 0.15) is 51.4 Å². The van der Waals surface area contributed by atoms with Crippen LogP contribution in [-0.4, -0.2) is 11.9 Å². The van der Waals surface area contributed by atoms with E-state index in [4.69, 9.17) is 4.74 Å². The number of carbonyl (C=O) groups excluding carboxylic acids is 2. The fraction of sp³-hybridized carbons (Fsp3) is 0.545. The van der Waals surface area contributed by atoms with E-state index in [0.29, 0.717) is 11.8 Å². The van der Waals surface area contributed by atoms with Crippen molar-refractivity contribution in [2.24, 2.45) is 23.7 Å². The van der Waals surface area contributed by atoms with Gasteiger partial charge in [0.1, 0.15) is 0 Å². The van der Waals surface area contributed by atoms with Crippen LogP contribution < -0.4 is 0 Å². The Kier molecular flexibility index (Phi) is 4.74. The van der Waals surface area contributed by atoms with Crippen molar-refractivity contribution in [2.45, 2.75) is 51.4 Å². The summed E-state index contributed by atoms with van der Waals surface area (Å²) < 4.78 is 5.42. The molecule has 3 nitrogen and oxygen atoms in total. The summed E-state index contributed by atoms with van der Waals surface area (Å²) in [5.41, 5.74) is 2.35. The lowest BCUT2D eigenvalue weighted by Crippen LogP contribution is -2.34. The summed E-state index contributed by atoms with van der Waals surface area (Å²) in [6.07, 6.45) is 20.5. The van der Waals surface area contributed by atoms with Crippen molar-refractivity contribution in [3.8, 4) is 0 Å². The molecule has 0 aromatic rings. The van der Waals surface area contributed by atoms with Crippen LogP contribution in [0.5, 0.6) is 0 Å². The average Bonchev–Trinajstić information content (AvgIpc) is 2.67. The smallest absolute Gasteiger partial charge is 0.320 e. The molecule has 0 amide bonds. The van der Waals surface area contributed by atoms with E-state index in [9.17, 15) is 9.59 Å². The minimum atomic E-state index is -0.328. The number of hydrogen-bond acceptors (Lipinski definition) is 3. The van der Waals surface area contributed by atoms with Gasteiger partial charge in [-0.25, -0.2) is 0 Å². The third kappa shape index (κ3) is 3.29. The van der Waals surface area contributed by atoms with Crippen molar-refractivity contribution in [3.63, 3.8) is 0 Å². The first kappa shape index (κ1) is 16.6. The predicted molar refractivity (Wildman–Crippen MR) is 96.4 cm³/mol. The van der Waals surface area contributed by atoms with Crippen molar-refractivity contribution < 1.29 is 14.3 Å². The quantitative estimate of drug-likeness (QED) is 0.543. The highest BCUT2D eigenvalue weighted by Gasteiger charge is 2.38. The fourth-order valence-electron chi connectivity index (χ4n) is 4.98. The lowest BCUT2D eigenvalue weighted by Gasteiger charge is -2.34. The van der Waals surface area contributed by atoms with E-state index in [-0.39, 0.29) is 23.8 Å². The van der Waals surface area contributed by atoms with Crippen molar-refractivity contribution in [1.29, 1.82) is 0 Å². The van der Waals surface area contributed by atoms with Gasteiger partial charge in [0.15, 0.2) is 0 Å². The lowest BCUT2D eigenvalue weighted by atomic mass is 9.73. The van der Waals surface area contributed by atoms with Crippen LogP contribution >= 0.6 is 0 Å². The van der Waals surface area contributed by atoms with Crippen LogP contribution in [0.25, 0.3) is 0 Å². The number of ether oxygens (including phenoxy) is 1. The molecule has 0 bridgehead atoms. The van der Waals surface area contributed by atoms with Gasteiger partial charge < -0.3 is 4.74 Å². The Bertz CT molecular complexity index is 621. The third-order valence-electron chi connectivity index (χ3n) is 6.30. The average molecular weight is 338 g/mol. The molecule has 0 N–H and O–H groups in total. The highest BCUT2D eigenvalue weighted by atomic mass is 16.6. The van der Waals surface area contributed by atoms with Crippen LogP contribution in [0.2, 0.25) is 0 Å². The summed E-state index contributed by atoms with van der Waals surface area (Å²) >= 11 is 0. The Hall–Kier alpha value is -1.90. The van der Waals surface area contributed by atoms with Crippen LogP contribution in [0, 0.1) is 23.7 Å². The fourth-order valence-corrected chi connectivity index (χ4v) is 4.98. The molecule has 2 fully saturated rings. The van der Waals surface area contributed by atoms with Gasteiger partial charge in [-0.3, -0.25) is 9.59 Å². The molecular formula is C22H26O3. The summed E-state index contributed by atoms with van der Waals surface area (Å²) in [6, 6.07) is 0. The molecule has 4 unspecified atom stereocenters. The van der Waals surface area contributed by atoms with E-state index in [0.717, 1.165) is 51.4 Å². The molecule has 4 aliphatic carbocycles. The maximum absolute atomic E-state index is 12.7. The van der Waals surface area contributed by atoms with E-state index in [2.05, 4.69) is 24.3 Å². The zero-order valence-electron chi connectivity index (χ0n) is 14.7. The minimum absolute atomic E-state index is 0.229. The molecule has 4 atom stereocenters. The largest absolute Gasteiger partial charge is 0.392 e. The van der Waals surface area contributed by atoms with Crippen LogP contribution in [0.15, 0.2) is 47.6 Å². The molecule has 0 aromatic carbocycles. The molecule has 0 spiro atoms. The highest BCUT2D eigenvalue weighted by Crippen LogP contribution is 2.41. The monoisotopic (exact) mass is 338 g/mol. The molecular weight excluding hydrogens is 312 g/mol. The summed E-state index contributed by atoms with van der Waals surface area (Å²) in [4.78, 5) is 25.4. The summed E-state index contributed by atoms with van der Waals surface area (Å²) in [5.74, 6) is -0.205. The van der Waals surface area contributed by atoms with Gasteiger partial charge in [-0.05, 0) is 50.4 Å². The van der Waals surface area contributed by atoms with E-state index >= 15 is 0 Å². The summed E-state index contributed by atoms with van der Waals surface area (Å²) in [5, 5.41) is 0. The molecule has 2 saturated carbocycles. The number of carbonyl (C=O) groups is 2. The number of rotatable bonds is 2. The molecule has 4 rings (SSSR count). The van der Waals surface area contributed by atoms with Crippen molar-refractivity contribution >= 4 is 11.9 Å². The highest BCUT2D eigenvalue weighted by molar-refractivity contribution is 5.90. The van der Waals surface area contributed by atoms with Gasteiger partial charge in [0.2, 0.25) is 0 Å². The third-order valence-corrected chi connectivity index (χ3v) is 6.30. The molecule has 132 valence electrons. The van der Waals surface area contributed by atoms with Gasteiger partial charge in [-0.15, -0.1) is 0 Å². The Labute approximate surface area is 149 Å². The van der Waals surface area contributed by atoms with Crippen molar-refractivity contribution in [1.82, 2.24) is 0 Å². The van der Waals surface area contributed by atoms with E-state index in [1.54, 1.807) is 0 Å². The molecule has 4 aliphatic rings. The first-order valence-corrected chi connectivity index (χ1v) is 9.73. The van der Waals surface area contributed by atoms with Gasteiger partial charge in [0, 0.05) is 0 Å². The maximum atomic E-state index is 12.7. The summed E-state index contributed by atoms with van der Waals surface area (Å²) in [7, 11) is 0. The zero-order valence-corrected chi connectivity index (χ0v) is 14.7.